The van der Waals surface area contributed by atoms with Crippen LogP contribution in [0.25, 0.3) is 0 Å². The lowest BCUT2D eigenvalue weighted by atomic mass is 9.84. The van der Waals surface area contributed by atoms with Gasteiger partial charge in [0, 0.05) is 0 Å². The second-order valence-electron chi connectivity index (χ2n) is 10.9. The second kappa shape index (κ2) is 19.9. The average Bonchev–Trinajstić information content (AvgIpc) is 2.81. The Hall–Kier alpha value is -1.32. The van der Waals surface area contributed by atoms with Crippen molar-refractivity contribution in [2.75, 3.05) is 0 Å². The summed E-state index contributed by atoms with van der Waals surface area (Å²) in [7, 11) is 0. The van der Waals surface area contributed by atoms with E-state index in [1.54, 1.807) is 6.08 Å². The molecule has 0 radical (unpaired) electrons. The molecule has 4 heteroatoms. The summed E-state index contributed by atoms with van der Waals surface area (Å²) in [6, 6.07) is 0. The summed E-state index contributed by atoms with van der Waals surface area (Å²) >= 11 is 0. The molecule has 0 spiro atoms. The molecule has 0 heterocycles. The highest BCUT2D eigenvalue weighted by molar-refractivity contribution is 5.83. The Morgan fingerprint density at radius 1 is 0.824 bits per heavy atom. The number of carboxylic acids is 1. The number of hydrogen-bond acceptors (Lipinski definition) is 3. The van der Waals surface area contributed by atoms with Crippen molar-refractivity contribution in [1.29, 1.82) is 0 Å². The normalized spacial score (nSPS) is 18.8. The minimum atomic E-state index is -0.886. The molecule has 0 saturated carbocycles. The van der Waals surface area contributed by atoms with E-state index >= 15 is 0 Å². The van der Waals surface area contributed by atoms with Crippen LogP contribution < -0.4 is 0 Å². The molecular formula is C30H54O4. The van der Waals surface area contributed by atoms with Gasteiger partial charge in [0.05, 0.1) is 11.8 Å². The van der Waals surface area contributed by atoms with Gasteiger partial charge < -0.3 is 9.84 Å². The van der Waals surface area contributed by atoms with Gasteiger partial charge in [0.25, 0.3) is 0 Å². The van der Waals surface area contributed by atoms with Crippen LogP contribution in [0.2, 0.25) is 0 Å². The monoisotopic (exact) mass is 478 g/mol. The Bertz CT molecular complexity index is 554. The fourth-order valence-corrected chi connectivity index (χ4v) is 4.99. The van der Waals surface area contributed by atoms with Gasteiger partial charge in [-0.05, 0) is 44.4 Å². The summed E-state index contributed by atoms with van der Waals surface area (Å²) in [5.41, 5.74) is 0. The minimum Gasteiger partial charge on any atom is -0.481 e. The Morgan fingerprint density at radius 2 is 1.32 bits per heavy atom. The van der Waals surface area contributed by atoms with Crippen LogP contribution >= 0.6 is 0 Å². The number of carbonyl (C=O) groups is 2. The van der Waals surface area contributed by atoms with Gasteiger partial charge in [-0.1, -0.05) is 116 Å². The minimum absolute atomic E-state index is 0.0718. The molecule has 3 atom stereocenters. The number of aliphatic carboxylic acids is 1. The topological polar surface area (TPSA) is 63.6 Å². The first-order valence-corrected chi connectivity index (χ1v) is 14.6. The third kappa shape index (κ3) is 14.8. The van der Waals surface area contributed by atoms with Crippen molar-refractivity contribution in [2.24, 2.45) is 17.8 Å². The van der Waals surface area contributed by atoms with Crippen LogP contribution in [0.4, 0.5) is 0 Å². The molecule has 0 fully saturated rings. The van der Waals surface area contributed by atoms with Crippen molar-refractivity contribution >= 4 is 11.9 Å². The van der Waals surface area contributed by atoms with Gasteiger partial charge in [-0.3, -0.25) is 9.59 Å². The van der Waals surface area contributed by atoms with Gasteiger partial charge in [0.2, 0.25) is 0 Å². The largest absolute Gasteiger partial charge is 0.481 e. The maximum atomic E-state index is 12.9. The van der Waals surface area contributed by atoms with Gasteiger partial charge in [0.15, 0.2) is 0 Å². The van der Waals surface area contributed by atoms with E-state index in [-0.39, 0.29) is 12.1 Å². The molecule has 1 N–H and O–H groups in total. The highest BCUT2D eigenvalue weighted by atomic mass is 16.5. The Balaban J connectivity index is 2.41. The van der Waals surface area contributed by atoms with E-state index in [9.17, 15) is 14.7 Å². The highest BCUT2D eigenvalue weighted by Crippen LogP contribution is 2.28. The van der Waals surface area contributed by atoms with Gasteiger partial charge in [0.1, 0.15) is 6.10 Å². The fourth-order valence-electron chi connectivity index (χ4n) is 4.99. The zero-order chi connectivity index (χ0) is 25.0. The van der Waals surface area contributed by atoms with Gasteiger partial charge in [-0.25, -0.2) is 0 Å². The maximum Gasteiger partial charge on any atom is 0.313 e. The van der Waals surface area contributed by atoms with Gasteiger partial charge in [-0.2, -0.15) is 0 Å². The number of ether oxygens (including phenoxy) is 1. The Kier molecular flexibility index (Phi) is 18.0. The molecule has 3 unspecified atom stereocenters. The van der Waals surface area contributed by atoms with Crippen molar-refractivity contribution in [3.63, 3.8) is 0 Å². The molecule has 0 bridgehead atoms. The summed E-state index contributed by atoms with van der Waals surface area (Å²) in [5.74, 6) is -1.72. The third-order valence-corrected chi connectivity index (χ3v) is 7.23. The molecule has 0 aliphatic heterocycles. The highest BCUT2D eigenvalue weighted by Gasteiger charge is 2.35. The quantitative estimate of drug-likeness (QED) is 0.102. The molecule has 0 amide bonds. The zero-order valence-corrected chi connectivity index (χ0v) is 22.6. The van der Waals surface area contributed by atoms with Gasteiger partial charge in [-0.15, -0.1) is 0 Å². The van der Waals surface area contributed by atoms with E-state index in [2.05, 4.69) is 20.8 Å². The molecule has 0 aromatic heterocycles. The first-order valence-electron chi connectivity index (χ1n) is 14.6. The van der Waals surface area contributed by atoms with E-state index in [4.69, 9.17) is 4.74 Å². The number of carbonyl (C=O) groups excluding carboxylic acids is 1. The predicted octanol–water partition coefficient (Wildman–Crippen LogP) is 8.87. The number of rotatable bonds is 21. The fraction of sp³-hybridized carbons (Fsp3) is 0.867. The first-order chi connectivity index (χ1) is 16.5. The van der Waals surface area contributed by atoms with Crippen LogP contribution in [-0.4, -0.2) is 23.1 Å². The Morgan fingerprint density at radius 3 is 1.82 bits per heavy atom. The lowest BCUT2D eigenvalue weighted by Gasteiger charge is -2.26. The molecular weight excluding hydrogens is 424 g/mol. The van der Waals surface area contributed by atoms with E-state index in [1.807, 2.05) is 6.08 Å². The van der Waals surface area contributed by atoms with E-state index in [1.165, 1.54) is 83.5 Å². The number of esters is 1. The average molecular weight is 479 g/mol. The maximum absolute atomic E-state index is 12.9. The zero-order valence-electron chi connectivity index (χ0n) is 22.6. The summed E-state index contributed by atoms with van der Waals surface area (Å²) in [6.45, 7) is 6.81. The standard InChI is InChI=1S/C30H54O4/c1-4-5-6-7-8-9-10-13-16-21-26(22-17-14-11-12-15-20-25(2)3)34-30(33)28-24-19-18-23-27(28)29(31)32/h19,24-28H,4-18,20-23H2,1-3H3,(H,31,32). The number of unbranched alkanes of at least 4 members (excludes halogenated alkanes) is 12. The smallest absolute Gasteiger partial charge is 0.313 e. The van der Waals surface area contributed by atoms with Crippen LogP contribution in [0.1, 0.15) is 143 Å². The van der Waals surface area contributed by atoms with Crippen LogP contribution in [0, 0.1) is 17.8 Å². The first kappa shape index (κ1) is 30.7. The van der Waals surface area contributed by atoms with Crippen molar-refractivity contribution in [3.05, 3.63) is 12.2 Å². The number of allylic oxidation sites excluding steroid dienone is 1. The van der Waals surface area contributed by atoms with E-state index in [0.717, 1.165) is 38.0 Å². The molecule has 0 aromatic rings. The van der Waals surface area contributed by atoms with Crippen LogP contribution in [-0.2, 0) is 14.3 Å². The van der Waals surface area contributed by atoms with Crippen molar-refractivity contribution in [1.82, 2.24) is 0 Å². The Labute approximate surface area is 210 Å². The summed E-state index contributed by atoms with van der Waals surface area (Å²) in [4.78, 5) is 24.5. The SMILES string of the molecule is CCCCCCCCCCCC(CCCCCCCC(C)C)OC(=O)C1C=CCCC1C(=O)O. The van der Waals surface area contributed by atoms with Crippen molar-refractivity contribution in [3.8, 4) is 0 Å². The molecule has 4 nitrogen and oxygen atoms in total. The molecule has 34 heavy (non-hydrogen) atoms. The molecule has 1 aliphatic rings. The van der Waals surface area contributed by atoms with E-state index in [0.29, 0.717) is 6.42 Å². The number of hydrogen-bond donors (Lipinski definition) is 1. The molecule has 0 saturated heterocycles. The predicted molar refractivity (Wildman–Crippen MR) is 142 cm³/mol. The van der Waals surface area contributed by atoms with Crippen LogP contribution in [0.15, 0.2) is 12.2 Å². The van der Waals surface area contributed by atoms with Crippen molar-refractivity contribution < 1.29 is 19.4 Å². The van der Waals surface area contributed by atoms with Crippen LogP contribution in [0.5, 0.6) is 0 Å². The lowest BCUT2D eigenvalue weighted by molar-refractivity contribution is -0.160. The lowest BCUT2D eigenvalue weighted by Crippen LogP contribution is -2.33. The van der Waals surface area contributed by atoms with Gasteiger partial charge >= 0.3 is 11.9 Å². The third-order valence-electron chi connectivity index (χ3n) is 7.23. The molecule has 1 aliphatic carbocycles. The summed E-state index contributed by atoms with van der Waals surface area (Å²) in [5, 5.41) is 9.52. The van der Waals surface area contributed by atoms with E-state index < -0.39 is 17.8 Å². The summed E-state index contributed by atoms with van der Waals surface area (Å²) < 4.78 is 5.95. The molecule has 0 aromatic carbocycles. The number of carboxylic acid groups (broad SMARTS) is 1. The molecule has 1 rings (SSSR count). The van der Waals surface area contributed by atoms with Crippen LogP contribution in [0.3, 0.4) is 0 Å². The van der Waals surface area contributed by atoms with Crippen molar-refractivity contribution in [2.45, 2.75) is 149 Å². The second-order valence-corrected chi connectivity index (χ2v) is 10.9. The summed E-state index contributed by atoms with van der Waals surface area (Å²) in [6.07, 6.45) is 25.6. The molecule has 198 valence electrons.